The van der Waals surface area contributed by atoms with Gasteiger partial charge in [-0.1, -0.05) is 74.5 Å². The number of carbonyl (C=O) groups excluding carboxylic acids is 1. The number of Topliss-reactive ketones (excluding diaryl/α,β-unsaturated/α-hetero) is 1. The third kappa shape index (κ3) is 3.07. The van der Waals surface area contributed by atoms with Crippen LogP contribution < -0.4 is 10.9 Å². The Hall–Kier alpha value is -3.47. The summed E-state index contributed by atoms with van der Waals surface area (Å²) in [5.41, 5.74) is 3.51. The molecule has 30 heavy (non-hydrogen) atoms. The molecular weight excluding hydrogens is 374 g/mol. The monoisotopic (exact) mass is 397 g/mol. The zero-order chi connectivity index (χ0) is 20.9. The highest BCUT2D eigenvalue weighted by Crippen LogP contribution is 2.47. The number of nitrogens with zero attached hydrogens (tertiary/aromatic N) is 1. The van der Waals surface area contributed by atoms with Crippen LogP contribution in [-0.4, -0.2) is 15.8 Å². The van der Waals surface area contributed by atoms with Crippen LogP contribution in [0.2, 0.25) is 0 Å². The second-order valence-electron chi connectivity index (χ2n) is 8.84. The predicted octanol–water partition coefficient (Wildman–Crippen LogP) is 4.64. The number of carbonyl (C=O) groups is 1. The van der Waals surface area contributed by atoms with E-state index in [4.69, 9.17) is 4.98 Å². The number of ketones is 1. The lowest BCUT2D eigenvalue weighted by Crippen LogP contribution is -2.37. The lowest BCUT2D eigenvalue weighted by molar-refractivity contribution is -0.118. The van der Waals surface area contributed by atoms with Gasteiger partial charge in [0.25, 0.3) is 5.56 Å². The predicted molar refractivity (Wildman–Crippen MR) is 117 cm³/mol. The van der Waals surface area contributed by atoms with E-state index in [1.807, 2.05) is 60.7 Å². The molecule has 0 amide bonds. The van der Waals surface area contributed by atoms with Crippen molar-refractivity contribution in [3.63, 3.8) is 0 Å². The molecule has 2 heterocycles. The van der Waals surface area contributed by atoms with E-state index in [-0.39, 0.29) is 16.8 Å². The Morgan fingerprint density at radius 1 is 0.933 bits per heavy atom. The largest absolute Gasteiger partial charge is 0.343 e. The standard InChI is InChI=1S/C25H23N3O2/c1-25(2)13-17-20(18(29)14-25)19(15-9-5-3-6-10-15)21-23(26-17)27-22(28-24(21)30)16-11-7-4-8-12-16/h3-12,19H,13-14H2,1-2H3,(H2,26,27,28,30). The van der Waals surface area contributed by atoms with Crippen LogP contribution in [0.4, 0.5) is 5.82 Å². The van der Waals surface area contributed by atoms with Gasteiger partial charge >= 0.3 is 0 Å². The van der Waals surface area contributed by atoms with Crippen molar-refractivity contribution in [3.8, 4) is 11.4 Å². The van der Waals surface area contributed by atoms with E-state index in [9.17, 15) is 9.59 Å². The van der Waals surface area contributed by atoms with Crippen LogP contribution in [0.25, 0.3) is 11.4 Å². The van der Waals surface area contributed by atoms with Gasteiger partial charge in [0.2, 0.25) is 0 Å². The molecule has 5 heteroatoms. The molecule has 2 aromatic carbocycles. The Morgan fingerprint density at radius 3 is 2.30 bits per heavy atom. The van der Waals surface area contributed by atoms with Crippen LogP contribution in [-0.2, 0) is 4.79 Å². The van der Waals surface area contributed by atoms with Gasteiger partial charge in [0.05, 0.1) is 5.56 Å². The van der Waals surface area contributed by atoms with Gasteiger partial charge in [-0.2, -0.15) is 0 Å². The van der Waals surface area contributed by atoms with E-state index in [0.29, 0.717) is 29.2 Å². The number of fused-ring (bicyclic) bond motifs is 1. The fourth-order valence-electron chi connectivity index (χ4n) is 4.63. The first-order valence-electron chi connectivity index (χ1n) is 10.2. The number of hydrogen-bond acceptors (Lipinski definition) is 4. The summed E-state index contributed by atoms with van der Waals surface area (Å²) in [6.45, 7) is 4.20. The molecule has 5 nitrogen and oxygen atoms in total. The smallest absolute Gasteiger partial charge is 0.257 e. The molecule has 2 N–H and O–H groups in total. The Bertz CT molecular complexity index is 1220. The molecule has 0 radical (unpaired) electrons. The van der Waals surface area contributed by atoms with Gasteiger partial charge in [0.15, 0.2) is 5.78 Å². The molecule has 1 aromatic heterocycles. The molecule has 0 bridgehead atoms. The van der Waals surface area contributed by atoms with E-state index < -0.39 is 5.92 Å². The Labute approximate surface area is 174 Å². The van der Waals surface area contributed by atoms with Gasteiger partial charge < -0.3 is 10.3 Å². The van der Waals surface area contributed by atoms with Gasteiger partial charge in [0.1, 0.15) is 11.6 Å². The number of anilines is 1. The van der Waals surface area contributed by atoms with Crippen molar-refractivity contribution < 1.29 is 4.79 Å². The summed E-state index contributed by atoms with van der Waals surface area (Å²) in [5, 5.41) is 3.36. The van der Waals surface area contributed by atoms with Crippen molar-refractivity contribution in [2.24, 2.45) is 5.41 Å². The highest BCUT2D eigenvalue weighted by Gasteiger charge is 2.42. The number of aromatic nitrogens is 2. The average molecular weight is 397 g/mol. The van der Waals surface area contributed by atoms with E-state index >= 15 is 0 Å². The summed E-state index contributed by atoms with van der Waals surface area (Å²) in [7, 11) is 0. The van der Waals surface area contributed by atoms with E-state index in [0.717, 1.165) is 23.2 Å². The minimum Gasteiger partial charge on any atom is -0.343 e. The zero-order valence-corrected chi connectivity index (χ0v) is 17.0. The van der Waals surface area contributed by atoms with Crippen molar-refractivity contribution in [2.75, 3.05) is 5.32 Å². The Balaban J connectivity index is 1.74. The molecule has 1 unspecified atom stereocenters. The number of rotatable bonds is 2. The summed E-state index contributed by atoms with van der Waals surface area (Å²) in [6, 6.07) is 19.4. The number of aromatic amines is 1. The molecule has 1 aliphatic heterocycles. The SMILES string of the molecule is CC1(C)CC(=O)C2=C(C1)Nc1nc(-c3ccccc3)[nH]c(=O)c1C2c1ccccc1. The van der Waals surface area contributed by atoms with Gasteiger partial charge in [-0.15, -0.1) is 0 Å². The molecule has 5 rings (SSSR count). The van der Waals surface area contributed by atoms with Crippen LogP contribution in [0.1, 0.15) is 43.7 Å². The number of benzene rings is 2. The van der Waals surface area contributed by atoms with Gasteiger partial charge in [-0.3, -0.25) is 9.59 Å². The summed E-state index contributed by atoms with van der Waals surface area (Å²) in [6.07, 6.45) is 1.21. The van der Waals surface area contributed by atoms with Crippen molar-refractivity contribution in [2.45, 2.75) is 32.6 Å². The number of H-pyrrole nitrogens is 1. The molecule has 3 aromatic rings. The van der Waals surface area contributed by atoms with E-state index in [1.165, 1.54) is 0 Å². The molecule has 0 saturated carbocycles. The number of allylic oxidation sites excluding steroid dienone is 2. The molecular formula is C25H23N3O2. The highest BCUT2D eigenvalue weighted by atomic mass is 16.1. The van der Waals surface area contributed by atoms with Crippen LogP contribution in [0.5, 0.6) is 0 Å². The quantitative estimate of drug-likeness (QED) is 0.661. The fraction of sp³-hybridized carbons (Fsp3) is 0.240. The fourth-order valence-corrected chi connectivity index (χ4v) is 4.63. The highest BCUT2D eigenvalue weighted by molar-refractivity contribution is 6.01. The van der Waals surface area contributed by atoms with Crippen LogP contribution in [0, 0.1) is 5.41 Å². The van der Waals surface area contributed by atoms with Crippen molar-refractivity contribution in [3.05, 3.63) is 93.4 Å². The molecule has 0 fully saturated rings. The third-order valence-electron chi connectivity index (χ3n) is 5.90. The van der Waals surface area contributed by atoms with Crippen molar-refractivity contribution >= 4 is 11.6 Å². The second-order valence-corrected chi connectivity index (χ2v) is 8.84. The topological polar surface area (TPSA) is 74.8 Å². The Morgan fingerprint density at radius 2 is 1.60 bits per heavy atom. The van der Waals surface area contributed by atoms with Gasteiger partial charge in [-0.05, 0) is 17.4 Å². The number of hydrogen-bond donors (Lipinski definition) is 2. The van der Waals surface area contributed by atoms with Gasteiger partial charge in [0, 0.05) is 29.2 Å². The summed E-state index contributed by atoms with van der Waals surface area (Å²) in [5.74, 6) is 0.738. The first-order valence-corrected chi connectivity index (χ1v) is 10.2. The first kappa shape index (κ1) is 18.6. The van der Waals surface area contributed by atoms with Gasteiger partial charge in [-0.25, -0.2) is 4.98 Å². The van der Waals surface area contributed by atoms with Crippen molar-refractivity contribution in [1.29, 1.82) is 0 Å². The molecule has 1 aliphatic carbocycles. The normalized spacial score (nSPS) is 19.7. The summed E-state index contributed by atoms with van der Waals surface area (Å²) in [4.78, 5) is 34.2. The average Bonchev–Trinajstić information content (AvgIpc) is 2.72. The first-order chi connectivity index (χ1) is 14.4. The summed E-state index contributed by atoms with van der Waals surface area (Å²) >= 11 is 0. The van der Waals surface area contributed by atoms with E-state index in [1.54, 1.807) is 0 Å². The molecule has 150 valence electrons. The maximum atomic E-state index is 13.3. The minimum absolute atomic E-state index is 0.0970. The molecule has 0 saturated heterocycles. The van der Waals surface area contributed by atoms with Crippen LogP contribution >= 0.6 is 0 Å². The van der Waals surface area contributed by atoms with Crippen molar-refractivity contribution in [1.82, 2.24) is 9.97 Å². The maximum absolute atomic E-state index is 13.3. The summed E-state index contributed by atoms with van der Waals surface area (Å²) < 4.78 is 0. The lowest BCUT2D eigenvalue weighted by atomic mass is 9.69. The molecule has 2 aliphatic rings. The lowest BCUT2D eigenvalue weighted by Gasteiger charge is -2.38. The molecule has 0 spiro atoms. The minimum atomic E-state index is -0.415. The second kappa shape index (κ2) is 6.80. The Kier molecular flexibility index (Phi) is 4.21. The maximum Gasteiger partial charge on any atom is 0.257 e. The van der Waals surface area contributed by atoms with E-state index in [2.05, 4.69) is 24.1 Å². The van der Waals surface area contributed by atoms with Crippen LogP contribution in [0.15, 0.2) is 76.7 Å². The number of nitrogens with one attached hydrogen (secondary N) is 2. The zero-order valence-electron chi connectivity index (χ0n) is 17.0. The molecule has 1 atom stereocenters. The van der Waals surface area contributed by atoms with Crippen LogP contribution in [0.3, 0.4) is 0 Å². The third-order valence-corrected chi connectivity index (χ3v) is 5.90.